The van der Waals surface area contributed by atoms with E-state index < -0.39 is 0 Å². The van der Waals surface area contributed by atoms with Crippen molar-refractivity contribution < 1.29 is 4.74 Å². The number of ether oxygens (including phenoxy) is 1. The van der Waals surface area contributed by atoms with Gasteiger partial charge in [0.25, 0.3) is 0 Å². The first kappa shape index (κ1) is 22.9. The minimum atomic E-state index is 0. The Balaban J connectivity index is 0.00000225. The van der Waals surface area contributed by atoms with E-state index in [1.54, 1.807) is 0 Å². The van der Waals surface area contributed by atoms with Crippen LogP contribution in [0.2, 0.25) is 0 Å². The molecule has 162 valence electrons. The summed E-state index contributed by atoms with van der Waals surface area (Å²) >= 11 is 2.23. The average molecular weight is 523 g/mol. The number of aliphatic imine (C=N–C) groups is 1. The van der Waals surface area contributed by atoms with Crippen molar-refractivity contribution in [1.82, 2.24) is 15.1 Å². The second kappa shape index (κ2) is 10.5. The number of rotatable bonds is 3. The van der Waals surface area contributed by atoms with Crippen molar-refractivity contribution in [3.63, 3.8) is 0 Å². The van der Waals surface area contributed by atoms with Crippen molar-refractivity contribution in [2.75, 3.05) is 58.7 Å². The number of nitrogens with zero attached hydrogens (tertiary/aromatic N) is 3. The van der Waals surface area contributed by atoms with Crippen molar-refractivity contribution in [1.29, 1.82) is 0 Å². The van der Waals surface area contributed by atoms with Crippen molar-refractivity contribution in [2.24, 2.45) is 4.99 Å². The molecule has 0 amide bonds. The van der Waals surface area contributed by atoms with Gasteiger partial charge in [0.05, 0.1) is 0 Å². The minimum absolute atomic E-state index is 0. The van der Waals surface area contributed by atoms with Gasteiger partial charge in [-0.05, 0) is 51.6 Å². The van der Waals surface area contributed by atoms with Crippen LogP contribution in [0.25, 0.3) is 0 Å². The molecular formula is C21H39IN4OS. The molecule has 3 aliphatic heterocycles. The highest BCUT2D eigenvalue weighted by atomic mass is 127. The summed E-state index contributed by atoms with van der Waals surface area (Å²) < 4.78 is 6.20. The topological polar surface area (TPSA) is 40.1 Å². The molecular weight excluding hydrogens is 483 g/mol. The van der Waals surface area contributed by atoms with E-state index in [-0.39, 0.29) is 29.5 Å². The third-order valence-corrected chi connectivity index (χ3v) is 8.84. The lowest BCUT2D eigenvalue weighted by molar-refractivity contribution is -0.0166. The number of hydrogen-bond donors (Lipinski definition) is 1. The number of thioether (sulfide) groups is 1. The van der Waals surface area contributed by atoms with Gasteiger partial charge in [-0.2, -0.15) is 11.8 Å². The van der Waals surface area contributed by atoms with Crippen LogP contribution in [0.1, 0.15) is 57.8 Å². The number of halogens is 1. The largest absolute Gasteiger partial charge is 0.381 e. The van der Waals surface area contributed by atoms with Gasteiger partial charge in [0.2, 0.25) is 0 Å². The molecule has 1 aliphatic carbocycles. The molecule has 3 heterocycles. The number of guanidine groups is 1. The Kier molecular flexibility index (Phi) is 8.63. The van der Waals surface area contributed by atoms with Gasteiger partial charge < -0.3 is 15.0 Å². The third kappa shape index (κ3) is 5.11. The molecule has 0 aromatic carbocycles. The molecule has 1 saturated carbocycles. The predicted octanol–water partition coefficient (Wildman–Crippen LogP) is 3.58. The summed E-state index contributed by atoms with van der Waals surface area (Å²) in [5.41, 5.74) is 0.262. The molecule has 3 saturated heterocycles. The van der Waals surface area contributed by atoms with Crippen LogP contribution in [0, 0.1) is 0 Å². The molecule has 1 spiro atoms. The first-order valence-corrected chi connectivity index (χ1v) is 12.2. The molecule has 0 unspecified atom stereocenters. The highest BCUT2D eigenvalue weighted by Gasteiger charge is 2.41. The fourth-order valence-electron chi connectivity index (χ4n) is 5.65. The fourth-order valence-corrected chi connectivity index (χ4v) is 7.22. The van der Waals surface area contributed by atoms with Gasteiger partial charge in [-0.25, -0.2) is 0 Å². The summed E-state index contributed by atoms with van der Waals surface area (Å²) in [4.78, 5) is 10.00. The Bertz CT molecular complexity index is 509. The zero-order chi connectivity index (χ0) is 18.6. The van der Waals surface area contributed by atoms with Crippen LogP contribution >= 0.6 is 35.7 Å². The molecule has 0 atom stereocenters. The molecule has 0 aromatic heterocycles. The third-order valence-electron chi connectivity index (χ3n) is 7.30. The zero-order valence-corrected chi connectivity index (χ0v) is 20.7. The normalized spacial score (nSPS) is 28.2. The molecule has 28 heavy (non-hydrogen) atoms. The van der Waals surface area contributed by atoms with Crippen LogP contribution < -0.4 is 5.32 Å². The summed E-state index contributed by atoms with van der Waals surface area (Å²) in [7, 11) is 1.96. The van der Waals surface area contributed by atoms with Crippen molar-refractivity contribution in [3.05, 3.63) is 0 Å². The number of likely N-dealkylation sites (tertiary alicyclic amines) is 1. The van der Waals surface area contributed by atoms with Crippen molar-refractivity contribution >= 4 is 41.7 Å². The average Bonchev–Trinajstić information content (AvgIpc) is 3.26. The minimum Gasteiger partial charge on any atom is -0.381 e. The maximum absolute atomic E-state index is 5.71. The number of nitrogens with one attached hydrogen (secondary N) is 1. The van der Waals surface area contributed by atoms with Gasteiger partial charge in [-0.15, -0.1) is 24.0 Å². The Labute approximate surface area is 192 Å². The van der Waals surface area contributed by atoms with Crippen LogP contribution in [0.3, 0.4) is 0 Å². The molecule has 7 heteroatoms. The van der Waals surface area contributed by atoms with Crippen LogP contribution in [0.5, 0.6) is 0 Å². The molecule has 5 nitrogen and oxygen atoms in total. The lowest BCUT2D eigenvalue weighted by Gasteiger charge is -2.47. The summed E-state index contributed by atoms with van der Waals surface area (Å²) in [6, 6.07) is 0. The summed E-state index contributed by atoms with van der Waals surface area (Å²) in [6.45, 7) is 7.64. The van der Waals surface area contributed by atoms with Crippen LogP contribution in [-0.2, 0) is 4.74 Å². The summed E-state index contributed by atoms with van der Waals surface area (Å²) in [6.07, 6.45) is 12.0. The van der Waals surface area contributed by atoms with Crippen molar-refractivity contribution in [3.8, 4) is 0 Å². The van der Waals surface area contributed by atoms with Gasteiger partial charge in [0.1, 0.15) is 0 Å². The zero-order valence-electron chi connectivity index (χ0n) is 17.6. The van der Waals surface area contributed by atoms with Gasteiger partial charge in [-0.1, -0.05) is 19.3 Å². The van der Waals surface area contributed by atoms with E-state index in [9.17, 15) is 0 Å². The summed E-state index contributed by atoms with van der Waals surface area (Å²) in [5.74, 6) is 2.37. The first-order chi connectivity index (χ1) is 13.3. The monoisotopic (exact) mass is 522 g/mol. The molecule has 0 aromatic rings. The molecule has 0 bridgehead atoms. The van der Waals surface area contributed by atoms with E-state index in [4.69, 9.17) is 9.73 Å². The van der Waals surface area contributed by atoms with E-state index in [2.05, 4.69) is 26.9 Å². The highest BCUT2D eigenvalue weighted by Crippen LogP contribution is 2.42. The molecule has 0 radical (unpaired) electrons. The quantitative estimate of drug-likeness (QED) is 0.349. The SMILES string of the molecule is CN=C(NCC1(N2CCCC2)CCOCC1)N1CCSC2(CCCCC2)C1.I. The smallest absolute Gasteiger partial charge is 0.193 e. The Hall–Kier alpha value is 0.270. The van der Waals surface area contributed by atoms with E-state index >= 15 is 0 Å². The van der Waals surface area contributed by atoms with Gasteiger partial charge in [0, 0.05) is 55.9 Å². The van der Waals surface area contributed by atoms with E-state index in [0.717, 1.165) is 45.1 Å². The predicted molar refractivity (Wildman–Crippen MR) is 130 cm³/mol. The molecule has 4 fully saturated rings. The molecule has 4 aliphatic rings. The van der Waals surface area contributed by atoms with Crippen molar-refractivity contribution in [2.45, 2.75) is 68.1 Å². The maximum Gasteiger partial charge on any atom is 0.193 e. The van der Waals surface area contributed by atoms with Crippen LogP contribution in [-0.4, -0.2) is 84.8 Å². The highest BCUT2D eigenvalue weighted by molar-refractivity contribution is 14.0. The Morgan fingerprint density at radius 1 is 1.00 bits per heavy atom. The van der Waals surface area contributed by atoms with E-state index in [1.807, 2.05) is 7.05 Å². The van der Waals surface area contributed by atoms with Gasteiger partial charge in [-0.3, -0.25) is 9.89 Å². The molecule has 4 rings (SSSR count). The Morgan fingerprint density at radius 2 is 1.71 bits per heavy atom. The van der Waals surface area contributed by atoms with Crippen LogP contribution in [0.4, 0.5) is 0 Å². The lowest BCUT2D eigenvalue weighted by atomic mass is 9.87. The molecule has 1 N–H and O–H groups in total. The summed E-state index contributed by atoms with van der Waals surface area (Å²) in [5, 5.41) is 3.82. The van der Waals surface area contributed by atoms with E-state index in [0.29, 0.717) is 4.75 Å². The Morgan fingerprint density at radius 3 is 2.39 bits per heavy atom. The second-order valence-electron chi connectivity index (χ2n) is 8.95. The van der Waals surface area contributed by atoms with Gasteiger partial charge in [0.15, 0.2) is 5.96 Å². The lowest BCUT2D eigenvalue weighted by Crippen LogP contribution is -2.60. The van der Waals surface area contributed by atoms with Crippen LogP contribution in [0.15, 0.2) is 4.99 Å². The number of hydrogen-bond acceptors (Lipinski definition) is 4. The van der Waals surface area contributed by atoms with Gasteiger partial charge >= 0.3 is 0 Å². The first-order valence-electron chi connectivity index (χ1n) is 11.2. The second-order valence-corrected chi connectivity index (χ2v) is 10.5. The maximum atomic E-state index is 5.71. The fraction of sp³-hybridized carbons (Fsp3) is 0.952. The standard InChI is InChI=1S/C21H38N4OS.HI/c1-22-19(24-13-16-27-21(18-24)7-3-2-4-8-21)23-17-20(9-14-26-15-10-20)25-11-5-6-12-25;/h2-18H2,1H3,(H,22,23);1H. The van der Waals surface area contributed by atoms with E-state index in [1.165, 1.54) is 70.3 Å².